The maximum absolute atomic E-state index is 12.5. The van der Waals surface area contributed by atoms with E-state index in [9.17, 15) is 4.79 Å². The van der Waals surface area contributed by atoms with Gasteiger partial charge < -0.3 is 9.80 Å². The summed E-state index contributed by atoms with van der Waals surface area (Å²) in [5.41, 5.74) is 2.85. The highest BCUT2D eigenvalue weighted by Gasteiger charge is 2.22. The van der Waals surface area contributed by atoms with Gasteiger partial charge >= 0.3 is 0 Å². The Hall–Kier alpha value is -1.65. The maximum Gasteiger partial charge on any atom is 0.222 e. The predicted molar refractivity (Wildman–Crippen MR) is 109 cm³/mol. The lowest BCUT2D eigenvalue weighted by molar-refractivity contribution is -0.132. The second-order valence-corrected chi connectivity index (χ2v) is 8.73. The minimum atomic E-state index is 0.331. The molecule has 1 amide bonds. The van der Waals surface area contributed by atoms with Gasteiger partial charge in [0.2, 0.25) is 5.91 Å². The van der Waals surface area contributed by atoms with Gasteiger partial charge in [-0.15, -0.1) is 11.3 Å². The minimum absolute atomic E-state index is 0.331. The predicted octanol–water partition coefficient (Wildman–Crippen LogP) is 4.50. The smallest absolute Gasteiger partial charge is 0.222 e. The van der Waals surface area contributed by atoms with Crippen LogP contribution in [0.1, 0.15) is 46.6 Å². The lowest BCUT2D eigenvalue weighted by Crippen LogP contribution is -2.35. The molecule has 4 heteroatoms. The summed E-state index contributed by atoms with van der Waals surface area (Å²) in [6.45, 7) is 2.69. The van der Waals surface area contributed by atoms with Crippen LogP contribution < -0.4 is 0 Å². The van der Waals surface area contributed by atoms with E-state index in [0.29, 0.717) is 12.3 Å². The highest BCUT2D eigenvalue weighted by molar-refractivity contribution is 7.12. The van der Waals surface area contributed by atoms with E-state index in [4.69, 9.17) is 0 Å². The van der Waals surface area contributed by atoms with E-state index in [-0.39, 0.29) is 0 Å². The number of aryl methyl sites for hydroxylation is 1. The third-order valence-electron chi connectivity index (χ3n) is 4.96. The first kappa shape index (κ1) is 19.1. The van der Waals surface area contributed by atoms with Crippen molar-refractivity contribution in [2.45, 2.75) is 51.6 Å². The molecule has 1 aromatic carbocycles. The van der Waals surface area contributed by atoms with Crippen molar-refractivity contribution in [2.24, 2.45) is 0 Å². The van der Waals surface area contributed by atoms with Crippen LogP contribution in [0.4, 0.5) is 0 Å². The zero-order valence-corrected chi connectivity index (χ0v) is 16.9. The fourth-order valence-corrected chi connectivity index (χ4v) is 4.92. The number of rotatable bonds is 8. The summed E-state index contributed by atoms with van der Waals surface area (Å²) < 4.78 is 0. The Kier molecular flexibility index (Phi) is 6.86. The molecule has 0 atom stereocenters. The molecule has 26 heavy (non-hydrogen) atoms. The number of nitrogens with zero attached hydrogens (tertiary/aromatic N) is 2. The van der Waals surface area contributed by atoms with Gasteiger partial charge in [-0.05, 0) is 57.0 Å². The Bertz CT molecular complexity index is 708. The molecule has 0 N–H and O–H groups in total. The average molecular weight is 371 g/mol. The number of fused-ring (bicyclic) bond motifs is 1. The zero-order valence-electron chi connectivity index (χ0n) is 16.0. The third kappa shape index (κ3) is 5.42. The molecule has 1 aromatic heterocycles. The third-order valence-corrected chi connectivity index (χ3v) is 6.10. The molecule has 1 aliphatic rings. The van der Waals surface area contributed by atoms with E-state index in [1.807, 2.05) is 11.3 Å². The summed E-state index contributed by atoms with van der Waals surface area (Å²) in [5, 5.41) is 0. The molecule has 1 aliphatic heterocycles. The van der Waals surface area contributed by atoms with Crippen LogP contribution in [0.25, 0.3) is 0 Å². The zero-order chi connectivity index (χ0) is 18.4. The SMILES string of the molecule is CN(C)Cc1cc2c(s1)CN(C(=O)CCCCCc1ccccc1)CC2. The van der Waals surface area contributed by atoms with E-state index in [1.165, 1.54) is 27.3 Å². The van der Waals surface area contributed by atoms with Crippen molar-refractivity contribution in [1.82, 2.24) is 9.80 Å². The van der Waals surface area contributed by atoms with Gasteiger partial charge in [0.1, 0.15) is 0 Å². The van der Waals surface area contributed by atoms with Crippen LogP contribution in [0.2, 0.25) is 0 Å². The second kappa shape index (κ2) is 9.33. The van der Waals surface area contributed by atoms with Crippen molar-refractivity contribution < 1.29 is 4.79 Å². The molecule has 0 saturated heterocycles. The maximum atomic E-state index is 12.5. The van der Waals surface area contributed by atoms with Gasteiger partial charge in [0.15, 0.2) is 0 Å². The molecular weight excluding hydrogens is 340 g/mol. The van der Waals surface area contributed by atoms with E-state index in [0.717, 1.165) is 45.3 Å². The van der Waals surface area contributed by atoms with Crippen molar-refractivity contribution in [1.29, 1.82) is 0 Å². The lowest BCUT2D eigenvalue weighted by atomic mass is 10.0. The summed E-state index contributed by atoms with van der Waals surface area (Å²) in [5.74, 6) is 0.331. The molecular formula is C22H30N2OS. The summed E-state index contributed by atoms with van der Waals surface area (Å²) in [7, 11) is 4.21. The molecule has 0 radical (unpaired) electrons. The van der Waals surface area contributed by atoms with Crippen LogP contribution in [-0.4, -0.2) is 36.3 Å². The van der Waals surface area contributed by atoms with Gasteiger partial charge in [0, 0.05) is 29.3 Å². The molecule has 2 heterocycles. The minimum Gasteiger partial charge on any atom is -0.337 e. The fourth-order valence-electron chi connectivity index (χ4n) is 3.57. The fraction of sp³-hybridized carbons (Fsp3) is 0.500. The molecule has 0 unspecified atom stereocenters. The molecule has 3 rings (SSSR count). The molecule has 0 aliphatic carbocycles. The van der Waals surface area contributed by atoms with Crippen molar-refractivity contribution >= 4 is 17.2 Å². The summed E-state index contributed by atoms with van der Waals surface area (Å²) in [6.07, 6.45) is 6.13. The normalized spacial score (nSPS) is 13.9. The van der Waals surface area contributed by atoms with Crippen LogP contribution in [0.3, 0.4) is 0 Å². The molecule has 0 bridgehead atoms. The van der Waals surface area contributed by atoms with Gasteiger partial charge in [0.25, 0.3) is 0 Å². The van der Waals surface area contributed by atoms with Crippen LogP contribution in [0.15, 0.2) is 36.4 Å². The Morgan fingerprint density at radius 2 is 1.96 bits per heavy atom. The Morgan fingerprint density at radius 3 is 2.73 bits per heavy atom. The first-order valence-corrected chi connectivity index (χ1v) is 10.5. The van der Waals surface area contributed by atoms with Crippen molar-refractivity contribution in [3.05, 3.63) is 57.3 Å². The summed E-state index contributed by atoms with van der Waals surface area (Å²) in [6, 6.07) is 13.0. The number of carbonyl (C=O) groups is 1. The number of unbranched alkanes of at least 4 members (excludes halogenated alkanes) is 2. The Balaban J connectivity index is 1.39. The Morgan fingerprint density at radius 1 is 1.15 bits per heavy atom. The van der Waals surface area contributed by atoms with Gasteiger partial charge in [-0.2, -0.15) is 0 Å². The topological polar surface area (TPSA) is 23.6 Å². The van der Waals surface area contributed by atoms with Crippen LogP contribution in [0, 0.1) is 0 Å². The number of thiophene rings is 1. The Labute approximate surface area is 161 Å². The molecule has 0 fully saturated rings. The molecule has 140 valence electrons. The van der Waals surface area contributed by atoms with Crippen molar-refractivity contribution in [3.63, 3.8) is 0 Å². The van der Waals surface area contributed by atoms with Crippen molar-refractivity contribution in [2.75, 3.05) is 20.6 Å². The van der Waals surface area contributed by atoms with E-state index < -0.39 is 0 Å². The van der Waals surface area contributed by atoms with Crippen LogP contribution in [0.5, 0.6) is 0 Å². The van der Waals surface area contributed by atoms with E-state index in [1.54, 1.807) is 0 Å². The molecule has 0 spiro atoms. The largest absolute Gasteiger partial charge is 0.337 e. The number of hydrogen-bond acceptors (Lipinski definition) is 3. The summed E-state index contributed by atoms with van der Waals surface area (Å²) >= 11 is 1.88. The number of amides is 1. The summed E-state index contributed by atoms with van der Waals surface area (Å²) in [4.78, 5) is 19.6. The highest BCUT2D eigenvalue weighted by atomic mass is 32.1. The number of carbonyl (C=O) groups excluding carboxylic acids is 1. The van der Waals surface area contributed by atoms with Crippen LogP contribution >= 0.6 is 11.3 Å². The number of benzene rings is 1. The van der Waals surface area contributed by atoms with Gasteiger partial charge in [-0.3, -0.25) is 4.79 Å². The van der Waals surface area contributed by atoms with E-state index in [2.05, 4.69) is 60.3 Å². The lowest BCUT2D eigenvalue weighted by Gasteiger charge is -2.27. The van der Waals surface area contributed by atoms with Crippen LogP contribution in [-0.2, 0) is 30.7 Å². The quantitative estimate of drug-likeness (QED) is 0.639. The molecule has 3 nitrogen and oxygen atoms in total. The first-order valence-electron chi connectivity index (χ1n) is 9.68. The van der Waals surface area contributed by atoms with Gasteiger partial charge in [-0.25, -0.2) is 0 Å². The van der Waals surface area contributed by atoms with Gasteiger partial charge in [0.05, 0.1) is 6.54 Å². The van der Waals surface area contributed by atoms with Crippen molar-refractivity contribution in [3.8, 4) is 0 Å². The molecule has 2 aromatic rings. The number of hydrogen-bond donors (Lipinski definition) is 0. The standard InChI is InChI=1S/C22H30N2OS/c1-23(2)16-20-15-19-13-14-24(17-21(19)26-20)22(25)12-8-4-7-11-18-9-5-3-6-10-18/h3,5-6,9-10,15H,4,7-8,11-14,16-17H2,1-2H3. The monoisotopic (exact) mass is 370 g/mol. The molecule has 0 saturated carbocycles. The van der Waals surface area contributed by atoms with Gasteiger partial charge in [-0.1, -0.05) is 36.8 Å². The average Bonchev–Trinajstić information content (AvgIpc) is 3.02. The second-order valence-electron chi connectivity index (χ2n) is 7.51. The first-order chi connectivity index (χ1) is 12.6. The van der Waals surface area contributed by atoms with E-state index >= 15 is 0 Å². The highest BCUT2D eigenvalue weighted by Crippen LogP contribution is 2.29.